The molecular formula is C31H37N3O5S. The van der Waals surface area contributed by atoms with Gasteiger partial charge in [0, 0.05) is 36.5 Å². The lowest BCUT2D eigenvalue weighted by Crippen LogP contribution is -2.36. The highest BCUT2D eigenvalue weighted by Crippen LogP contribution is 2.34. The fourth-order valence-electron chi connectivity index (χ4n) is 5.06. The zero-order valence-electron chi connectivity index (χ0n) is 24.2. The second kappa shape index (κ2) is 11.9. The number of amides is 1. The van der Waals surface area contributed by atoms with E-state index in [4.69, 9.17) is 9.47 Å². The number of rotatable bonds is 9. The van der Waals surface area contributed by atoms with E-state index in [0.717, 1.165) is 21.6 Å². The molecule has 212 valence electrons. The fourth-order valence-corrected chi connectivity index (χ4v) is 5.47. The van der Waals surface area contributed by atoms with Crippen LogP contribution in [0.15, 0.2) is 53.7 Å². The molecule has 0 N–H and O–H groups in total. The summed E-state index contributed by atoms with van der Waals surface area (Å²) < 4.78 is 13.2. The largest absolute Gasteiger partial charge is 0.480 e. The number of nitrogens with zero attached hydrogens (tertiary/aromatic N) is 3. The van der Waals surface area contributed by atoms with Crippen LogP contribution in [0, 0.1) is 25.7 Å². The molecule has 1 fully saturated rings. The molecule has 1 amide bonds. The predicted octanol–water partition coefficient (Wildman–Crippen LogP) is 5.68. The molecule has 0 saturated carbocycles. The smallest absolute Gasteiger partial charge is 0.415 e. The highest BCUT2D eigenvalue weighted by Gasteiger charge is 2.40. The zero-order valence-corrected chi connectivity index (χ0v) is 25.0. The third-order valence-corrected chi connectivity index (χ3v) is 8.26. The van der Waals surface area contributed by atoms with Crippen LogP contribution in [0.3, 0.4) is 0 Å². The number of benzene rings is 2. The minimum Gasteiger partial charge on any atom is -0.480 e. The molecular weight excluding hydrogens is 526 g/mol. The topological polar surface area (TPSA) is 90.7 Å². The average Bonchev–Trinajstić information content (AvgIpc) is 3.51. The zero-order chi connectivity index (χ0) is 29.2. The molecule has 1 aliphatic rings. The van der Waals surface area contributed by atoms with E-state index in [1.165, 1.54) is 13.1 Å². The molecule has 4 rings (SSSR count). The molecule has 3 aromatic rings. The summed E-state index contributed by atoms with van der Waals surface area (Å²) in [4.78, 5) is 41.5. The van der Waals surface area contributed by atoms with E-state index in [0.29, 0.717) is 30.0 Å². The summed E-state index contributed by atoms with van der Waals surface area (Å²) in [6, 6.07) is 11.7. The molecule has 1 aromatic heterocycles. The van der Waals surface area contributed by atoms with E-state index in [9.17, 15) is 14.4 Å². The second-order valence-electron chi connectivity index (χ2n) is 11.0. The van der Waals surface area contributed by atoms with Crippen molar-refractivity contribution < 1.29 is 23.9 Å². The van der Waals surface area contributed by atoms with Gasteiger partial charge in [0.15, 0.2) is 22.9 Å². The van der Waals surface area contributed by atoms with Crippen molar-refractivity contribution in [2.75, 3.05) is 19.3 Å². The van der Waals surface area contributed by atoms with Crippen molar-refractivity contribution in [3.8, 4) is 11.5 Å². The summed E-state index contributed by atoms with van der Waals surface area (Å²) in [6.45, 7) is 9.65. The third-order valence-electron chi connectivity index (χ3n) is 7.52. The molecule has 2 heterocycles. The summed E-state index contributed by atoms with van der Waals surface area (Å²) in [5, 5.41) is 4.06. The SMILES string of the molecule is CSc1ccc(C(=O)[C@@H]2CN(C(=O)Oc3cnn(C)c3)C[C@H]2Cc2cc(C)c(OC(C)(C)C(C)=O)c(C)c2)cc1. The van der Waals surface area contributed by atoms with Crippen LogP contribution in [0.5, 0.6) is 11.5 Å². The van der Waals surface area contributed by atoms with Gasteiger partial charge in [0.25, 0.3) is 0 Å². The minimum atomic E-state index is -0.930. The maximum atomic E-state index is 13.7. The van der Waals surface area contributed by atoms with Crippen LogP contribution in [-0.2, 0) is 18.3 Å². The van der Waals surface area contributed by atoms with Crippen molar-refractivity contribution in [3.63, 3.8) is 0 Å². The third kappa shape index (κ3) is 6.58. The minimum absolute atomic E-state index is 0.0194. The molecule has 1 saturated heterocycles. The van der Waals surface area contributed by atoms with Crippen LogP contribution in [0.1, 0.15) is 47.8 Å². The predicted molar refractivity (Wildman–Crippen MR) is 155 cm³/mol. The van der Waals surface area contributed by atoms with Gasteiger partial charge in [0.1, 0.15) is 5.75 Å². The van der Waals surface area contributed by atoms with Crippen molar-refractivity contribution >= 4 is 29.4 Å². The first kappa shape index (κ1) is 29.4. The highest BCUT2D eigenvalue weighted by atomic mass is 32.2. The summed E-state index contributed by atoms with van der Waals surface area (Å²) >= 11 is 1.62. The molecule has 1 aliphatic heterocycles. The van der Waals surface area contributed by atoms with Gasteiger partial charge in [-0.3, -0.25) is 14.3 Å². The van der Waals surface area contributed by atoms with Crippen molar-refractivity contribution in [2.24, 2.45) is 18.9 Å². The Labute approximate surface area is 240 Å². The van der Waals surface area contributed by atoms with Gasteiger partial charge < -0.3 is 14.4 Å². The molecule has 40 heavy (non-hydrogen) atoms. The number of carbonyl (C=O) groups is 3. The summed E-state index contributed by atoms with van der Waals surface area (Å²) in [5.74, 6) is 0.543. The number of aryl methyl sites for hydroxylation is 3. The Morgan fingerprint density at radius 3 is 2.27 bits per heavy atom. The number of hydrogen-bond acceptors (Lipinski definition) is 7. The first-order valence-electron chi connectivity index (χ1n) is 13.3. The van der Waals surface area contributed by atoms with Gasteiger partial charge in [-0.1, -0.05) is 24.3 Å². The first-order valence-corrected chi connectivity index (χ1v) is 14.5. The average molecular weight is 564 g/mol. The van der Waals surface area contributed by atoms with Gasteiger partial charge in [0.2, 0.25) is 0 Å². The number of likely N-dealkylation sites (tertiary alicyclic amines) is 1. The lowest BCUT2D eigenvalue weighted by molar-refractivity contribution is -0.129. The van der Waals surface area contributed by atoms with Crippen LogP contribution in [0.2, 0.25) is 0 Å². The molecule has 0 radical (unpaired) electrons. The van der Waals surface area contributed by atoms with Crippen LogP contribution >= 0.6 is 11.8 Å². The number of ether oxygens (including phenoxy) is 2. The number of hydrogen-bond donors (Lipinski definition) is 0. The van der Waals surface area contributed by atoms with E-state index in [1.54, 1.807) is 48.4 Å². The lowest BCUT2D eigenvalue weighted by Gasteiger charge is -2.26. The van der Waals surface area contributed by atoms with Gasteiger partial charge in [-0.25, -0.2) is 4.79 Å². The molecule has 2 aromatic carbocycles. The maximum absolute atomic E-state index is 13.7. The van der Waals surface area contributed by atoms with E-state index < -0.39 is 11.7 Å². The standard InChI is InChI=1S/C31H37N3O5S/c1-19-12-22(13-20(2)29(19)39-31(4,5)21(3)35)14-24-16-34(30(37)38-25-15-32-33(6)17-25)18-27(24)28(36)23-8-10-26(40-7)11-9-23/h8-13,15,17,24,27H,14,16,18H2,1-7H3/t24-,27-/m1/s1. The highest BCUT2D eigenvalue weighted by molar-refractivity contribution is 7.98. The number of ketones is 2. The molecule has 0 bridgehead atoms. The molecule has 0 spiro atoms. The molecule has 9 heteroatoms. The quantitative estimate of drug-likeness (QED) is 0.244. The van der Waals surface area contributed by atoms with E-state index >= 15 is 0 Å². The summed E-state index contributed by atoms with van der Waals surface area (Å²) in [6.07, 6.45) is 5.23. The Balaban J connectivity index is 1.59. The summed E-state index contributed by atoms with van der Waals surface area (Å²) in [5.41, 5.74) is 2.60. The maximum Gasteiger partial charge on any atom is 0.415 e. The number of thioether (sulfide) groups is 1. The molecule has 0 unspecified atom stereocenters. The molecule has 2 atom stereocenters. The van der Waals surface area contributed by atoms with Crippen LogP contribution in [-0.4, -0.2) is 57.3 Å². The Kier molecular flexibility index (Phi) is 8.73. The van der Waals surface area contributed by atoms with Crippen LogP contribution < -0.4 is 9.47 Å². The first-order chi connectivity index (χ1) is 18.9. The Morgan fingerprint density at radius 2 is 1.73 bits per heavy atom. The van der Waals surface area contributed by atoms with Gasteiger partial charge in [-0.05, 0) is 82.0 Å². The Bertz CT molecular complexity index is 1390. The lowest BCUT2D eigenvalue weighted by atomic mass is 9.84. The van der Waals surface area contributed by atoms with Crippen molar-refractivity contribution in [1.82, 2.24) is 14.7 Å². The van der Waals surface area contributed by atoms with Gasteiger partial charge in [-0.15, -0.1) is 11.8 Å². The van der Waals surface area contributed by atoms with Gasteiger partial charge >= 0.3 is 6.09 Å². The van der Waals surface area contributed by atoms with E-state index in [-0.39, 0.29) is 29.9 Å². The normalized spacial score (nSPS) is 17.1. The fraction of sp³-hybridized carbons (Fsp3) is 0.419. The van der Waals surface area contributed by atoms with E-state index in [2.05, 4.69) is 5.10 Å². The van der Waals surface area contributed by atoms with Crippen LogP contribution in [0.25, 0.3) is 0 Å². The van der Waals surface area contributed by atoms with Crippen molar-refractivity contribution in [2.45, 2.75) is 51.5 Å². The molecule has 0 aliphatic carbocycles. The Hall–Kier alpha value is -3.59. The van der Waals surface area contributed by atoms with Gasteiger partial charge in [-0.2, -0.15) is 5.10 Å². The Morgan fingerprint density at radius 1 is 1.07 bits per heavy atom. The number of carbonyl (C=O) groups excluding carboxylic acids is 3. The number of aromatic nitrogens is 2. The van der Waals surface area contributed by atoms with Crippen LogP contribution in [0.4, 0.5) is 4.79 Å². The second-order valence-corrected chi connectivity index (χ2v) is 11.9. The molecule has 8 nitrogen and oxygen atoms in total. The van der Waals surface area contributed by atoms with Gasteiger partial charge in [0.05, 0.1) is 12.4 Å². The number of Topliss-reactive ketones (excluding diaryl/α,β-unsaturated/α-hetero) is 2. The monoisotopic (exact) mass is 563 g/mol. The van der Waals surface area contributed by atoms with E-state index in [1.807, 2.05) is 56.5 Å². The van der Waals surface area contributed by atoms with Crippen molar-refractivity contribution in [1.29, 1.82) is 0 Å². The summed E-state index contributed by atoms with van der Waals surface area (Å²) in [7, 11) is 1.75. The van der Waals surface area contributed by atoms with Crippen molar-refractivity contribution in [3.05, 3.63) is 71.0 Å².